The molecule has 1 fully saturated rings. The van der Waals surface area contributed by atoms with E-state index in [4.69, 9.17) is 14.5 Å². The van der Waals surface area contributed by atoms with Gasteiger partial charge in [0.05, 0.1) is 23.9 Å². The molecule has 4 rings (SSSR count). The van der Waals surface area contributed by atoms with Crippen LogP contribution in [0.5, 0.6) is 5.75 Å². The zero-order valence-corrected chi connectivity index (χ0v) is 21.8. The highest BCUT2D eigenvalue weighted by atomic mass is 19.1. The van der Waals surface area contributed by atoms with Crippen molar-refractivity contribution in [3.63, 3.8) is 0 Å². The minimum Gasteiger partial charge on any atom is -0.489 e. The van der Waals surface area contributed by atoms with Gasteiger partial charge in [0.2, 0.25) is 0 Å². The normalized spacial score (nSPS) is 18.0. The van der Waals surface area contributed by atoms with Crippen LogP contribution in [0.15, 0.2) is 60.7 Å². The van der Waals surface area contributed by atoms with E-state index in [0.717, 1.165) is 39.4 Å². The third kappa shape index (κ3) is 6.44. The summed E-state index contributed by atoms with van der Waals surface area (Å²) in [5, 5.41) is 10.1. The minimum atomic E-state index is -0.728. The minimum absolute atomic E-state index is 0.00796. The summed E-state index contributed by atoms with van der Waals surface area (Å²) in [6, 6.07) is 16.1. The number of cyclic esters (lactones) is 1. The highest BCUT2D eigenvalue weighted by Crippen LogP contribution is 2.38. The molecular weight excluding hydrogens is 469 g/mol. The molecule has 2 aromatic carbocycles. The van der Waals surface area contributed by atoms with Crippen LogP contribution in [0, 0.1) is 5.82 Å². The van der Waals surface area contributed by atoms with E-state index in [2.05, 4.69) is 27.7 Å². The van der Waals surface area contributed by atoms with Crippen LogP contribution in [-0.2, 0) is 16.1 Å². The van der Waals surface area contributed by atoms with Crippen molar-refractivity contribution in [2.75, 3.05) is 0 Å². The Morgan fingerprint density at radius 2 is 1.73 bits per heavy atom. The second-order valence-electron chi connectivity index (χ2n) is 10.0. The lowest BCUT2D eigenvalue weighted by molar-refractivity contribution is -0.156. The molecule has 1 aromatic heterocycles. The summed E-state index contributed by atoms with van der Waals surface area (Å²) in [6.45, 7) is 8.66. The largest absolute Gasteiger partial charge is 0.489 e. The van der Waals surface area contributed by atoms with Gasteiger partial charge in [-0.05, 0) is 53.3 Å². The number of aliphatic hydroxyl groups is 1. The average Bonchev–Trinajstić information content (AvgIpc) is 2.86. The molecule has 194 valence electrons. The maximum absolute atomic E-state index is 13.9. The molecule has 1 aliphatic heterocycles. The van der Waals surface area contributed by atoms with Gasteiger partial charge in [0.25, 0.3) is 0 Å². The lowest BCUT2D eigenvalue weighted by atomic mass is 9.87. The number of nitrogens with zero attached hydrogens (tertiary/aromatic N) is 1. The smallest absolute Gasteiger partial charge is 0.309 e. The Morgan fingerprint density at radius 1 is 1.05 bits per heavy atom. The third-order valence-corrected chi connectivity index (χ3v) is 6.42. The number of ether oxygens (including phenoxy) is 2. The summed E-state index contributed by atoms with van der Waals surface area (Å²) in [5.74, 6) is 0.239. The quantitative estimate of drug-likeness (QED) is 0.343. The Balaban J connectivity index is 1.90. The summed E-state index contributed by atoms with van der Waals surface area (Å²) >= 11 is 0. The van der Waals surface area contributed by atoms with Crippen LogP contribution in [0.25, 0.3) is 17.2 Å². The first-order chi connectivity index (χ1) is 17.7. The van der Waals surface area contributed by atoms with E-state index in [1.54, 1.807) is 12.1 Å². The molecule has 0 bridgehead atoms. The Kier molecular flexibility index (Phi) is 8.39. The number of benzene rings is 2. The number of esters is 1. The number of hydrogen-bond donors (Lipinski definition) is 1. The first kappa shape index (κ1) is 26.6. The maximum Gasteiger partial charge on any atom is 0.309 e. The van der Waals surface area contributed by atoms with Crippen molar-refractivity contribution in [3.05, 3.63) is 89.0 Å². The second kappa shape index (κ2) is 11.7. The number of aromatic nitrogens is 1. The summed E-state index contributed by atoms with van der Waals surface area (Å²) in [6.07, 6.45) is 2.82. The van der Waals surface area contributed by atoms with E-state index in [0.29, 0.717) is 6.42 Å². The molecule has 0 amide bonds. The van der Waals surface area contributed by atoms with Gasteiger partial charge in [0.1, 0.15) is 24.3 Å². The Bertz CT molecular complexity index is 1250. The topological polar surface area (TPSA) is 68.7 Å². The predicted molar refractivity (Wildman–Crippen MR) is 143 cm³/mol. The van der Waals surface area contributed by atoms with E-state index in [1.807, 2.05) is 42.5 Å². The zero-order valence-electron chi connectivity index (χ0n) is 21.8. The SMILES string of the molecule is CC(C)c1nc(C(C)C)c(COc2ccccc2)c(-c2ccc(F)cc2)c1C=C[C@H]1C[C@H](O)CC(=O)O1. The van der Waals surface area contributed by atoms with Crippen molar-refractivity contribution in [1.29, 1.82) is 0 Å². The first-order valence-electron chi connectivity index (χ1n) is 12.8. The number of carbonyl (C=O) groups is 1. The third-order valence-electron chi connectivity index (χ3n) is 6.42. The molecule has 1 N–H and O–H groups in total. The van der Waals surface area contributed by atoms with Gasteiger partial charge in [-0.3, -0.25) is 9.78 Å². The van der Waals surface area contributed by atoms with Gasteiger partial charge in [-0.1, -0.05) is 64.1 Å². The van der Waals surface area contributed by atoms with Crippen LogP contribution in [0.1, 0.15) is 74.9 Å². The number of carbonyl (C=O) groups excluding carboxylic acids is 1. The summed E-state index contributed by atoms with van der Waals surface area (Å²) in [7, 11) is 0. The molecule has 5 nitrogen and oxygen atoms in total. The summed E-state index contributed by atoms with van der Waals surface area (Å²) in [4.78, 5) is 17.0. The molecule has 0 saturated carbocycles. The summed E-state index contributed by atoms with van der Waals surface area (Å²) < 4.78 is 25.6. The Hall–Kier alpha value is -3.51. The highest BCUT2D eigenvalue weighted by molar-refractivity contribution is 5.80. The fourth-order valence-corrected chi connectivity index (χ4v) is 4.66. The fraction of sp³-hybridized carbons (Fsp3) is 0.355. The van der Waals surface area contributed by atoms with Crippen LogP contribution >= 0.6 is 0 Å². The molecule has 0 unspecified atom stereocenters. The molecule has 3 aromatic rings. The maximum atomic E-state index is 13.9. The zero-order chi connectivity index (χ0) is 26.5. The highest BCUT2D eigenvalue weighted by Gasteiger charge is 2.27. The van der Waals surface area contributed by atoms with Gasteiger partial charge in [-0.25, -0.2) is 4.39 Å². The molecule has 2 heterocycles. The van der Waals surface area contributed by atoms with E-state index >= 15 is 0 Å². The van der Waals surface area contributed by atoms with Crippen LogP contribution < -0.4 is 4.74 Å². The monoisotopic (exact) mass is 503 g/mol. The van der Waals surface area contributed by atoms with Crippen LogP contribution in [0.4, 0.5) is 4.39 Å². The lowest BCUT2D eigenvalue weighted by Crippen LogP contribution is -2.31. The van der Waals surface area contributed by atoms with Crippen LogP contribution in [0.3, 0.4) is 0 Å². The fourth-order valence-electron chi connectivity index (χ4n) is 4.66. The van der Waals surface area contributed by atoms with Gasteiger partial charge in [-0.2, -0.15) is 0 Å². The number of hydrogen-bond acceptors (Lipinski definition) is 5. The number of halogens is 1. The van der Waals surface area contributed by atoms with Crippen LogP contribution in [0.2, 0.25) is 0 Å². The van der Waals surface area contributed by atoms with E-state index in [9.17, 15) is 14.3 Å². The molecule has 6 heteroatoms. The number of para-hydroxylation sites is 1. The van der Waals surface area contributed by atoms with E-state index in [-0.39, 0.29) is 30.7 Å². The molecular formula is C31H34FNO4. The number of aliphatic hydroxyl groups excluding tert-OH is 1. The van der Waals surface area contributed by atoms with E-state index < -0.39 is 18.2 Å². The Labute approximate surface area is 218 Å². The van der Waals surface area contributed by atoms with Gasteiger partial charge in [0.15, 0.2) is 0 Å². The van der Waals surface area contributed by atoms with Gasteiger partial charge >= 0.3 is 5.97 Å². The number of pyridine rings is 1. The van der Waals surface area contributed by atoms with Crippen LogP contribution in [-0.4, -0.2) is 28.3 Å². The van der Waals surface area contributed by atoms with Crippen molar-refractivity contribution in [3.8, 4) is 16.9 Å². The average molecular weight is 504 g/mol. The molecule has 0 spiro atoms. The van der Waals surface area contributed by atoms with Crippen molar-refractivity contribution in [2.24, 2.45) is 0 Å². The Morgan fingerprint density at radius 3 is 2.35 bits per heavy atom. The molecule has 1 aliphatic rings. The lowest BCUT2D eigenvalue weighted by Gasteiger charge is -2.25. The van der Waals surface area contributed by atoms with E-state index in [1.165, 1.54) is 12.1 Å². The van der Waals surface area contributed by atoms with Gasteiger partial charge in [-0.15, -0.1) is 0 Å². The van der Waals surface area contributed by atoms with Crippen molar-refractivity contribution in [1.82, 2.24) is 4.98 Å². The standard InChI is InChI=1S/C31H34FNO4/c1-19(2)30-26(15-14-25-16-23(34)17-28(35)37-25)29(21-10-12-22(32)13-11-21)27(31(33-30)20(3)4)18-36-24-8-6-5-7-9-24/h5-15,19-20,23,25,34H,16-18H2,1-4H3/t23-,25-/m0/s1. The second-order valence-corrected chi connectivity index (χ2v) is 10.0. The van der Waals surface area contributed by atoms with Gasteiger partial charge in [0, 0.05) is 17.5 Å². The van der Waals surface area contributed by atoms with Crippen molar-refractivity contribution >= 4 is 12.0 Å². The van der Waals surface area contributed by atoms with Gasteiger partial charge < -0.3 is 14.6 Å². The molecule has 0 aliphatic carbocycles. The summed E-state index contributed by atoms with van der Waals surface area (Å²) in [5.41, 5.74) is 5.38. The molecule has 2 atom stereocenters. The first-order valence-corrected chi connectivity index (χ1v) is 12.8. The molecule has 37 heavy (non-hydrogen) atoms. The molecule has 0 radical (unpaired) electrons. The van der Waals surface area contributed by atoms with Crippen molar-refractivity contribution < 1.29 is 23.8 Å². The van der Waals surface area contributed by atoms with Crippen molar-refractivity contribution in [2.45, 2.75) is 71.2 Å². The molecule has 1 saturated heterocycles. The predicted octanol–water partition coefficient (Wildman–Crippen LogP) is 6.79. The number of rotatable bonds is 8.